The molecule has 0 amide bonds. The van der Waals surface area contributed by atoms with Crippen molar-refractivity contribution in [1.82, 2.24) is 4.31 Å². The third kappa shape index (κ3) is 6.09. The largest absolute Gasteiger partial charge is 0.478 e. The van der Waals surface area contributed by atoms with Crippen molar-refractivity contribution in [2.75, 3.05) is 13.1 Å². The summed E-state index contributed by atoms with van der Waals surface area (Å²) in [6, 6.07) is 17.7. The van der Waals surface area contributed by atoms with E-state index in [1.54, 1.807) is 42.5 Å². The second kappa shape index (κ2) is 10.8. The summed E-state index contributed by atoms with van der Waals surface area (Å²) in [5, 5.41) is 11.5. The van der Waals surface area contributed by atoms with Crippen molar-refractivity contribution in [3.05, 3.63) is 71.2 Å². The number of aryl methyl sites for hydroxylation is 1. The average molecular weight is 504 g/mol. The van der Waals surface area contributed by atoms with E-state index in [0.29, 0.717) is 43.1 Å². The molecule has 1 N–H and O–H groups in total. The molecule has 3 aromatic rings. The Bertz CT molecular complexity index is 1270. The molecule has 0 fully saturated rings. The first-order valence-electron chi connectivity index (χ1n) is 11.2. The number of hydrogen-bond donors (Lipinski definition) is 1. The molecule has 0 aliphatic carbocycles. The van der Waals surface area contributed by atoms with Crippen LogP contribution in [0.3, 0.4) is 0 Å². The summed E-state index contributed by atoms with van der Waals surface area (Å²) in [6.45, 7) is 5.74. The summed E-state index contributed by atoms with van der Waals surface area (Å²) in [5.41, 5.74) is -0.387. The molecule has 0 aliphatic rings. The van der Waals surface area contributed by atoms with Gasteiger partial charge in [0.25, 0.3) is 0 Å². The zero-order valence-electron chi connectivity index (χ0n) is 19.6. The van der Waals surface area contributed by atoms with Crippen LogP contribution in [0.2, 0.25) is 5.02 Å². The van der Waals surface area contributed by atoms with Crippen LogP contribution in [-0.2, 0) is 21.2 Å². The van der Waals surface area contributed by atoms with Crippen LogP contribution >= 0.6 is 11.6 Å². The average Bonchev–Trinajstić information content (AvgIpc) is 2.78. The van der Waals surface area contributed by atoms with E-state index in [2.05, 4.69) is 0 Å². The van der Waals surface area contributed by atoms with Crippen molar-refractivity contribution >= 4 is 38.4 Å². The summed E-state index contributed by atoms with van der Waals surface area (Å²) in [7, 11) is -3.66. The van der Waals surface area contributed by atoms with Crippen molar-refractivity contribution in [1.29, 1.82) is 0 Å². The van der Waals surface area contributed by atoms with Gasteiger partial charge in [0.05, 0.1) is 4.90 Å². The fraction of sp³-hybridized carbons (Fsp3) is 0.346. The number of benzene rings is 3. The first kappa shape index (κ1) is 26.0. The molecule has 34 heavy (non-hydrogen) atoms. The molecule has 0 unspecified atom stereocenters. The Labute approximate surface area is 206 Å². The number of sulfonamides is 1. The second-order valence-electron chi connectivity index (χ2n) is 8.70. The van der Waals surface area contributed by atoms with Crippen LogP contribution in [0.5, 0.6) is 5.75 Å². The van der Waals surface area contributed by atoms with Crippen LogP contribution in [0.4, 0.5) is 0 Å². The van der Waals surface area contributed by atoms with Gasteiger partial charge in [0.1, 0.15) is 5.75 Å². The minimum absolute atomic E-state index is 0.252. The smallest absolute Gasteiger partial charge is 0.347 e. The van der Waals surface area contributed by atoms with E-state index in [1.807, 2.05) is 25.1 Å². The lowest BCUT2D eigenvalue weighted by Crippen LogP contribution is -2.37. The number of ether oxygens (including phenoxy) is 1. The monoisotopic (exact) mass is 503 g/mol. The predicted octanol–water partition coefficient (Wildman–Crippen LogP) is 5.77. The van der Waals surface area contributed by atoms with E-state index < -0.39 is 21.6 Å². The van der Waals surface area contributed by atoms with E-state index in [0.717, 1.165) is 16.3 Å². The Balaban J connectivity index is 1.72. The highest BCUT2D eigenvalue weighted by Crippen LogP contribution is 2.27. The van der Waals surface area contributed by atoms with E-state index in [4.69, 9.17) is 16.3 Å². The topological polar surface area (TPSA) is 83.9 Å². The lowest BCUT2D eigenvalue weighted by molar-refractivity contribution is -0.152. The van der Waals surface area contributed by atoms with Gasteiger partial charge in [0.2, 0.25) is 10.0 Å². The van der Waals surface area contributed by atoms with E-state index in [9.17, 15) is 18.3 Å². The fourth-order valence-electron chi connectivity index (χ4n) is 3.70. The van der Waals surface area contributed by atoms with Gasteiger partial charge in [-0.2, -0.15) is 4.31 Å². The Morgan fingerprint density at radius 2 is 1.79 bits per heavy atom. The number of fused-ring (bicyclic) bond motifs is 1. The quantitative estimate of drug-likeness (QED) is 0.359. The van der Waals surface area contributed by atoms with Crippen molar-refractivity contribution < 1.29 is 23.1 Å². The molecular formula is C26H30ClNO5S. The van der Waals surface area contributed by atoms with Crippen LogP contribution in [-0.4, -0.2) is 42.5 Å². The fourth-order valence-corrected chi connectivity index (χ4v) is 5.55. The van der Waals surface area contributed by atoms with Gasteiger partial charge in [-0.15, -0.1) is 0 Å². The lowest BCUT2D eigenvalue weighted by atomic mass is 10.1. The molecular weight excluding hydrogens is 474 g/mol. The molecule has 0 bridgehead atoms. The summed E-state index contributed by atoms with van der Waals surface area (Å²) in [4.78, 5) is 11.6. The van der Waals surface area contributed by atoms with Gasteiger partial charge in [-0.05, 0) is 74.4 Å². The first-order valence-corrected chi connectivity index (χ1v) is 13.1. The van der Waals surface area contributed by atoms with Gasteiger partial charge < -0.3 is 9.84 Å². The number of hydrogen-bond acceptors (Lipinski definition) is 4. The zero-order valence-corrected chi connectivity index (χ0v) is 21.2. The van der Waals surface area contributed by atoms with E-state index in [1.165, 1.54) is 18.2 Å². The molecule has 0 atom stereocenters. The van der Waals surface area contributed by atoms with Crippen molar-refractivity contribution in [3.63, 3.8) is 0 Å². The van der Waals surface area contributed by atoms with Crippen molar-refractivity contribution in [2.45, 2.75) is 50.5 Å². The van der Waals surface area contributed by atoms with Gasteiger partial charge in [0, 0.05) is 23.5 Å². The maximum atomic E-state index is 13.4. The minimum Gasteiger partial charge on any atom is -0.478 e. The van der Waals surface area contributed by atoms with Crippen LogP contribution < -0.4 is 4.74 Å². The van der Waals surface area contributed by atoms with Crippen molar-refractivity contribution in [3.8, 4) is 5.75 Å². The predicted molar refractivity (Wildman–Crippen MR) is 135 cm³/mol. The van der Waals surface area contributed by atoms with E-state index >= 15 is 0 Å². The summed E-state index contributed by atoms with van der Waals surface area (Å²) in [5.74, 6) is -0.577. The molecule has 0 aliphatic heterocycles. The van der Waals surface area contributed by atoms with Crippen molar-refractivity contribution in [2.24, 2.45) is 0 Å². The molecule has 0 saturated carbocycles. The Morgan fingerprint density at radius 1 is 1.06 bits per heavy atom. The number of aliphatic carboxylic acids is 1. The summed E-state index contributed by atoms with van der Waals surface area (Å²) >= 11 is 6.23. The molecule has 0 spiro atoms. The third-order valence-electron chi connectivity index (χ3n) is 5.57. The number of nitrogens with zero attached hydrogens (tertiary/aromatic N) is 1. The highest BCUT2D eigenvalue weighted by atomic mass is 35.5. The summed E-state index contributed by atoms with van der Waals surface area (Å²) < 4.78 is 33.9. The molecule has 8 heteroatoms. The molecule has 0 saturated heterocycles. The Kier molecular flexibility index (Phi) is 8.23. The second-order valence-corrected chi connectivity index (χ2v) is 11.0. The highest BCUT2D eigenvalue weighted by Gasteiger charge is 2.29. The zero-order chi connectivity index (χ0) is 24.9. The summed E-state index contributed by atoms with van der Waals surface area (Å²) in [6.07, 6.45) is 1.95. The Hall–Kier alpha value is -2.61. The lowest BCUT2D eigenvalue weighted by Gasteiger charge is -2.23. The molecule has 6 nitrogen and oxygen atoms in total. The van der Waals surface area contributed by atoms with Crippen LogP contribution in [0, 0.1) is 0 Å². The van der Waals surface area contributed by atoms with Crippen LogP contribution in [0.25, 0.3) is 10.8 Å². The number of carbonyl (C=O) groups is 1. The van der Waals surface area contributed by atoms with E-state index in [-0.39, 0.29) is 4.90 Å². The minimum atomic E-state index is -3.66. The molecule has 182 valence electrons. The number of carboxylic acid groups (broad SMARTS) is 1. The SMILES string of the molecule is CCCN(CCCc1cccc(OC(C)(C)C(=O)O)c1)S(=O)(=O)c1ccc2c(Cl)cccc2c1. The molecule has 0 radical (unpaired) electrons. The molecule has 3 rings (SSSR count). The van der Waals surface area contributed by atoms with Gasteiger partial charge in [0.15, 0.2) is 5.60 Å². The third-order valence-corrected chi connectivity index (χ3v) is 7.79. The molecule has 3 aromatic carbocycles. The maximum absolute atomic E-state index is 13.4. The molecule has 0 aromatic heterocycles. The number of rotatable bonds is 11. The van der Waals surface area contributed by atoms with Gasteiger partial charge in [-0.3, -0.25) is 0 Å². The first-order chi connectivity index (χ1) is 16.0. The van der Waals surface area contributed by atoms with Gasteiger partial charge in [-0.25, -0.2) is 13.2 Å². The Morgan fingerprint density at radius 3 is 2.50 bits per heavy atom. The van der Waals surface area contributed by atoms with Crippen LogP contribution in [0.1, 0.15) is 39.2 Å². The van der Waals surface area contributed by atoms with Gasteiger partial charge in [-0.1, -0.05) is 48.9 Å². The standard InChI is InChI=1S/C26H30ClNO5S/c1-4-15-28(34(31,32)22-13-14-23-20(18-22)10-6-12-24(23)27)16-7-9-19-8-5-11-21(17-19)33-26(2,3)25(29)30/h5-6,8,10-14,17-18H,4,7,9,15-16H2,1-3H3,(H,29,30). The normalized spacial score (nSPS) is 12.3. The van der Waals surface area contributed by atoms with Crippen LogP contribution in [0.15, 0.2) is 65.6 Å². The number of halogens is 1. The van der Waals surface area contributed by atoms with Gasteiger partial charge >= 0.3 is 5.97 Å². The molecule has 0 heterocycles. The highest BCUT2D eigenvalue weighted by molar-refractivity contribution is 7.89. The maximum Gasteiger partial charge on any atom is 0.347 e. The number of carboxylic acids is 1.